The van der Waals surface area contributed by atoms with Gasteiger partial charge < -0.3 is 10.5 Å². The molecule has 0 radical (unpaired) electrons. The van der Waals surface area contributed by atoms with Gasteiger partial charge in [-0.1, -0.05) is 0 Å². The van der Waals surface area contributed by atoms with Gasteiger partial charge in [0.25, 0.3) is 0 Å². The maximum absolute atomic E-state index is 5.49. The Labute approximate surface area is 73.3 Å². The van der Waals surface area contributed by atoms with Crippen LogP contribution in [-0.4, -0.2) is 61.9 Å². The third kappa shape index (κ3) is 1.95. The van der Waals surface area contributed by atoms with E-state index in [4.69, 9.17) is 10.5 Å². The zero-order valence-corrected chi connectivity index (χ0v) is 7.41. The van der Waals surface area contributed by atoms with Crippen LogP contribution in [0, 0.1) is 0 Å². The molecule has 2 fully saturated rings. The molecule has 1 atom stereocenters. The molecule has 2 N–H and O–H groups in total. The maximum atomic E-state index is 5.49. The second-order valence-electron chi connectivity index (χ2n) is 3.45. The average molecular weight is 171 g/mol. The van der Waals surface area contributed by atoms with Crippen molar-refractivity contribution >= 4 is 0 Å². The molecule has 0 aromatic rings. The normalized spacial score (nSPS) is 32.2. The number of rotatable bonds is 3. The molecule has 0 aromatic heterocycles. The second-order valence-corrected chi connectivity index (χ2v) is 3.45. The van der Waals surface area contributed by atoms with Gasteiger partial charge in [-0.3, -0.25) is 9.80 Å². The van der Waals surface area contributed by atoms with Crippen molar-refractivity contribution in [1.29, 1.82) is 0 Å². The zero-order valence-electron chi connectivity index (χ0n) is 7.41. The number of piperazine rings is 1. The fourth-order valence-corrected chi connectivity index (χ4v) is 1.71. The largest absolute Gasteiger partial charge is 0.357 e. The van der Waals surface area contributed by atoms with Crippen LogP contribution < -0.4 is 5.73 Å². The highest BCUT2D eigenvalue weighted by Gasteiger charge is 2.32. The Morgan fingerprint density at radius 2 is 1.92 bits per heavy atom. The molecule has 0 aromatic carbocycles. The second kappa shape index (κ2) is 3.70. The number of nitrogens with zero attached hydrogens (tertiary/aromatic N) is 2. The van der Waals surface area contributed by atoms with Gasteiger partial charge in [0.15, 0.2) is 0 Å². The first-order chi connectivity index (χ1) is 5.90. The van der Waals surface area contributed by atoms with Crippen LogP contribution in [0.15, 0.2) is 0 Å². The first kappa shape index (κ1) is 8.44. The fourth-order valence-electron chi connectivity index (χ4n) is 1.71. The summed E-state index contributed by atoms with van der Waals surface area (Å²) in [5, 5.41) is 0. The van der Waals surface area contributed by atoms with E-state index >= 15 is 0 Å². The lowest BCUT2D eigenvalue weighted by Crippen LogP contribution is -2.48. The predicted molar refractivity (Wildman–Crippen MR) is 46.8 cm³/mol. The zero-order chi connectivity index (χ0) is 8.39. The van der Waals surface area contributed by atoms with Crippen molar-refractivity contribution in [2.75, 3.05) is 45.9 Å². The summed E-state index contributed by atoms with van der Waals surface area (Å²) in [6.07, 6.45) is 0.449. The highest BCUT2D eigenvalue weighted by Crippen LogP contribution is 2.16. The minimum Gasteiger partial charge on any atom is -0.357 e. The summed E-state index contributed by atoms with van der Waals surface area (Å²) in [7, 11) is 0. The molecule has 0 amide bonds. The maximum Gasteiger partial charge on any atom is 0.134 e. The Balaban J connectivity index is 1.69. The number of ether oxygens (including phenoxy) is 1. The summed E-state index contributed by atoms with van der Waals surface area (Å²) in [5.41, 5.74) is 5.49. The molecule has 2 aliphatic rings. The summed E-state index contributed by atoms with van der Waals surface area (Å²) in [6, 6.07) is 0. The van der Waals surface area contributed by atoms with Crippen molar-refractivity contribution < 1.29 is 4.74 Å². The minimum atomic E-state index is 0.449. The molecule has 70 valence electrons. The lowest BCUT2D eigenvalue weighted by atomic mass is 10.3. The molecular weight excluding hydrogens is 154 g/mol. The van der Waals surface area contributed by atoms with E-state index in [1.807, 2.05) is 0 Å². The third-order valence-electron chi connectivity index (χ3n) is 2.58. The SMILES string of the molecule is NCCN1CCN(C2CO2)CC1. The average Bonchev–Trinajstić information content (AvgIpc) is 2.89. The topological polar surface area (TPSA) is 45.0 Å². The quantitative estimate of drug-likeness (QED) is 0.549. The van der Waals surface area contributed by atoms with Crippen LogP contribution in [0.2, 0.25) is 0 Å². The molecule has 2 rings (SSSR count). The van der Waals surface area contributed by atoms with Crippen molar-refractivity contribution in [3.63, 3.8) is 0 Å². The fraction of sp³-hybridized carbons (Fsp3) is 1.00. The minimum absolute atomic E-state index is 0.449. The van der Waals surface area contributed by atoms with E-state index in [0.717, 1.165) is 45.9 Å². The summed E-state index contributed by atoms with van der Waals surface area (Å²) in [5.74, 6) is 0. The van der Waals surface area contributed by atoms with Crippen LogP contribution >= 0.6 is 0 Å². The van der Waals surface area contributed by atoms with E-state index < -0.39 is 0 Å². The van der Waals surface area contributed by atoms with Crippen LogP contribution in [0.4, 0.5) is 0 Å². The lowest BCUT2D eigenvalue weighted by Gasteiger charge is -2.33. The molecule has 0 saturated carbocycles. The van der Waals surface area contributed by atoms with Crippen molar-refractivity contribution in [2.24, 2.45) is 5.73 Å². The van der Waals surface area contributed by atoms with Crippen LogP contribution in [0.1, 0.15) is 0 Å². The number of hydrogen-bond donors (Lipinski definition) is 1. The van der Waals surface area contributed by atoms with E-state index in [-0.39, 0.29) is 0 Å². The van der Waals surface area contributed by atoms with E-state index in [1.165, 1.54) is 0 Å². The molecule has 2 saturated heterocycles. The standard InChI is InChI=1S/C8H17N3O/c9-1-2-10-3-5-11(6-4-10)8-7-12-8/h8H,1-7,9H2. The van der Waals surface area contributed by atoms with Gasteiger partial charge in [-0.05, 0) is 0 Å². The Bertz CT molecular complexity index is 141. The number of hydrogen-bond acceptors (Lipinski definition) is 4. The summed E-state index contributed by atoms with van der Waals surface area (Å²) in [6.45, 7) is 7.35. The van der Waals surface area contributed by atoms with Crippen LogP contribution in [0.3, 0.4) is 0 Å². The number of epoxide rings is 1. The van der Waals surface area contributed by atoms with Gasteiger partial charge in [0, 0.05) is 39.3 Å². The lowest BCUT2D eigenvalue weighted by molar-refractivity contribution is 0.0933. The summed E-state index contributed by atoms with van der Waals surface area (Å²) in [4.78, 5) is 4.83. The van der Waals surface area contributed by atoms with Gasteiger partial charge in [-0.15, -0.1) is 0 Å². The molecule has 0 bridgehead atoms. The van der Waals surface area contributed by atoms with Crippen LogP contribution in [0.25, 0.3) is 0 Å². The van der Waals surface area contributed by atoms with Crippen molar-refractivity contribution in [2.45, 2.75) is 6.23 Å². The van der Waals surface area contributed by atoms with Gasteiger partial charge in [0.05, 0.1) is 6.61 Å². The van der Waals surface area contributed by atoms with Gasteiger partial charge in [0.1, 0.15) is 6.23 Å². The molecule has 2 heterocycles. The first-order valence-electron chi connectivity index (χ1n) is 4.68. The molecule has 12 heavy (non-hydrogen) atoms. The predicted octanol–water partition coefficient (Wildman–Crippen LogP) is -1.08. The smallest absolute Gasteiger partial charge is 0.134 e. The van der Waals surface area contributed by atoms with Gasteiger partial charge >= 0.3 is 0 Å². The Morgan fingerprint density at radius 1 is 1.25 bits per heavy atom. The van der Waals surface area contributed by atoms with Gasteiger partial charge in [-0.25, -0.2) is 0 Å². The molecule has 0 aliphatic carbocycles. The van der Waals surface area contributed by atoms with E-state index in [2.05, 4.69) is 9.80 Å². The molecule has 4 heteroatoms. The highest BCUT2D eigenvalue weighted by atomic mass is 16.6. The van der Waals surface area contributed by atoms with Crippen LogP contribution in [0.5, 0.6) is 0 Å². The summed E-state index contributed by atoms with van der Waals surface area (Å²) >= 11 is 0. The molecular formula is C8H17N3O. The number of nitrogens with two attached hydrogens (primary N) is 1. The van der Waals surface area contributed by atoms with Crippen molar-refractivity contribution in [3.8, 4) is 0 Å². The Morgan fingerprint density at radius 3 is 2.42 bits per heavy atom. The molecule has 2 aliphatic heterocycles. The Hall–Kier alpha value is -0.160. The first-order valence-corrected chi connectivity index (χ1v) is 4.68. The molecule has 4 nitrogen and oxygen atoms in total. The third-order valence-corrected chi connectivity index (χ3v) is 2.58. The van der Waals surface area contributed by atoms with E-state index in [0.29, 0.717) is 6.23 Å². The Kier molecular flexibility index (Phi) is 2.60. The van der Waals surface area contributed by atoms with E-state index in [1.54, 1.807) is 0 Å². The van der Waals surface area contributed by atoms with Crippen molar-refractivity contribution in [1.82, 2.24) is 9.80 Å². The van der Waals surface area contributed by atoms with Gasteiger partial charge in [-0.2, -0.15) is 0 Å². The highest BCUT2D eigenvalue weighted by molar-refractivity contribution is 4.78. The van der Waals surface area contributed by atoms with E-state index in [9.17, 15) is 0 Å². The van der Waals surface area contributed by atoms with Crippen molar-refractivity contribution in [3.05, 3.63) is 0 Å². The molecule has 0 spiro atoms. The monoisotopic (exact) mass is 171 g/mol. The van der Waals surface area contributed by atoms with Gasteiger partial charge in [0.2, 0.25) is 0 Å². The van der Waals surface area contributed by atoms with Crippen LogP contribution in [-0.2, 0) is 4.74 Å². The summed E-state index contributed by atoms with van der Waals surface area (Å²) < 4.78 is 5.23. The molecule has 1 unspecified atom stereocenters.